The zero-order valence-electron chi connectivity index (χ0n) is 13.6. The van der Waals surface area contributed by atoms with Crippen molar-refractivity contribution in [2.24, 2.45) is 5.92 Å². The molecule has 2 heterocycles. The minimum absolute atomic E-state index is 0.348. The Morgan fingerprint density at radius 2 is 1.90 bits per heavy atom. The monoisotopic (exact) mass is 279 g/mol. The lowest BCUT2D eigenvalue weighted by atomic mass is 9.96. The van der Waals surface area contributed by atoms with Crippen LogP contribution in [0.15, 0.2) is 0 Å². The average Bonchev–Trinajstić information content (AvgIpc) is 2.67. The van der Waals surface area contributed by atoms with E-state index in [-0.39, 0.29) is 0 Å². The molecule has 0 atom stereocenters. The van der Waals surface area contributed by atoms with Crippen molar-refractivity contribution in [3.63, 3.8) is 0 Å². The Morgan fingerprint density at radius 3 is 2.40 bits per heavy atom. The molecule has 5 nitrogen and oxygen atoms in total. The summed E-state index contributed by atoms with van der Waals surface area (Å²) in [6.07, 6.45) is 2.47. The lowest BCUT2D eigenvalue weighted by Gasteiger charge is -2.35. The molecule has 1 aliphatic heterocycles. The summed E-state index contributed by atoms with van der Waals surface area (Å²) >= 11 is 0. The van der Waals surface area contributed by atoms with Crippen LogP contribution in [0.4, 0.5) is 11.5 Å². The van der Waals surface area contributed by atoms with Gasteiger partial charge in [0, 0.05) is 25.7 Å². The maximum absolute atomic E-state index is 6.25. The zero-order valence-corrected chi connectivity index (χ0v) is 13.6. The fourth-order valence-electron chi connectivity index (χ4n) is 3.07. The average molecular weight is 279 g/mol. The van der Waals surface area contributed by atoms with Crippen LogP contribution in [-0.2, 0) is 0 Å². The summed E-state index contributed by atoms with van der Waals surface area (Å²) in [5.41, 5.74) is 8.05. The van der Waals surface area contributed by atoms with E-state index in [1.165, 1.54) is 19.4 Å². The first kappa shape index (κ1) is 15.2. The van der Waals surface area contributed by atoms with Crippen LogP contribution in [0.2, 0.25) is 0 Å². The maximum Gasteiger partial charge on any atom is 0.150 e. The van der Waals surface area contributed by atoms with Gasteiger partial charge >= 0.3 is 0 Å². The van der Waals surface area contributed by atoms with Crippen molar-refractivity contribution >= 4 is 11.5 Å². The molecular formula is C15H29N5. The standard InChI is InChI=1S/C15H29N5/c1-11(2)20-15(14(16)12(3)17-20)19-8-6-13(7-9-19)10-18(4)5/h11,13H,6-10,16H2,1-5H3. The number of rotatable bonds is 4. The van der Waals surface area contributed by atoms with E-state index < -0.39 is 0 Å². The molecule has 20 heavy (non-hydrogen) atoms. The van der Waals surface area contributed by atoms with E-state index >= 15 is 0 Å². The highest BCUT2D eigenvalue weighted by Crippen LogP contribution is 2.32. The van der Waals surface area contributed by atoms with E-state index in [9.17, 15) is 0 Å². The summed E-state index contributed by atoms with van der Waals surface area (Å²) < 4.78 is 2.08. The second-order valence-electron chi connectivity index (χ2n) is 6.55. The minimum atomic E-state index is 0.348. The molecule has 5 heteroatoms. The van der Waals surface area contributed by atoms with Crippen molar-refractivity contribution in [1.29, 1.82) is 0 Å². The fourth-order valence-corrected chi connectivity index (χ4v) is 3.07. The van der Waals surface area contributed by atoms with Crippen LogP contribution in [0.25, 0.3) is 0 Å². The number of hydrogen-bond donors (Lipinski definition) is 1. The Morgan fingerprint density at radius 1 is 1.30 bits per heavy atom. The second-order valence-corrected chi connectivity index (χ2v) is 6.55. The first-order valence-electron chi connectivity index (χ1n) is 7.64. The normalized spacial score (nSPS) is 17.4. The van der Waals surface area contributed by atoms with Gasteiger partial charge in [-0.25, -0.2) is 4.68 Å². The smallest absolute Gasteiger partial charge is 0.150 e. The van der Waals surface area contributed by atoms with Crippen molar-refractivity contribution in [3.8, 4) is 0 Å². The SMILES string of the molecule is Cc1nn(C(C)C)c(N2CCC(CN(C)C)CC2)c1N. The van der Waals surface area contributed by atoms with Crippen molar-refractivity contribution in [1.82, 2.24) is 14.7 Å². The molecule has 1 saturated heterocycles. The summed E-state index contributed by atoms with van der Waals surface area (Å²) in [4.78, 5) is 4.71. The number of aryl methyl sites for hydroxylation is 1. The molecule has 0 aliphatic carbocycles. The topological polar surface area (TPSA) is 50.3 Å². The number of anilines is 2. The second kappa shape index (κ2) is 6.04. The summed E-state index contributed by atoms with van der Waals surface area (Å²) in [6, 6.07) is 0.348. The molecule has 0 unspecified atom stereocenters. The third kappa shape index (κ3) is 3.08. The van der Waals surface area contributed by atoms with Gasteiger partial charge in [-0.3, -0.25) is 0 Å². The van der Waals surface area contributed by atoms with Crippen molar-refractivity contribution in [3.05, 3.63) is 5.69 Å². The highest BCUT2D eigenvalue weighted by molar-refractivity contribution is 5.66. The lowest BCUT2D eigenvalue weighted by molar-refractivity contribution is 0.283. The van der Waals surface area contributed by atoms with E-state index in [1.54, 1.807) is 0 Å². The van der Waals surface area contributed by atoms with Crippen molar-refractivity contribution in [2.45, 2.75) is 39.7 Å². The molecule has 2 N–H and O–H groups in total. The Labute approximate surface area is 122 Å². The molecule has 2 rings (SSSR count). The van der Waals surface area contributed by atoms with Gasteiger partial charge in [-0.2, -0.15) is 5.10 Å². The Kier molecular flexibility index (Phi) is 4.58. The van der Waals surface area contributed by atoms with Crippen LogP contribution in [0.1, 0.15) is 38.4 Å². The molecule has 0 amide bonds. The quantitative estimate of drug-likeness (QED) is 0.917. The van der Waals surface area contributed by atoms with Crippen LogP contribution in [0, 0.1) is 12.8 Å². The Bertz CT molecular complexity index is 441. The zero-order chi connectivity index (χ0) is 14.9. The fraction of sp³-hybridized carbons (Fsp3) is 0.800. The maximum atomic E-state index is 6.25. The van der Waals surface area contributed by atoms with E-state index in [0.29, 0.717) is 6.04 Å². The predicted molar refractivity (Wildman–Crippen MR) is 85.3 cm³/mol. The number of nitrogens with two attached hydrogens (primary N) is 1. The van der Waals surface area contributed by atoms with Gasteiger partial charge in [-0.05, 0) is 53.6 Å². The molecule has 1 fully saturated rings. The van der Waals surface area contributed by atoms with Gasteiger partial charge in [0.15, 0.2) is 5.82 Å². The number of nitrogen functional groups attached to an aromatic ring is 1. The van der Waals surface area contributed by atoms with E-state index in [0.717, 1.165) is 36.2 Å². The van der Waals surface area contributed by atoms with Gasteiger partial charge in [0.2, 0.25) is 0 Å². The van der Waals surface area contributed by atoms with E-state index in [4.69, 9.17) is 5.73 Å². The lowest BCUT2D eigenvalue weighted by Crippen LogP contribution is -2.38. The first-order valence-corrected chi connectivity index (χ1v) is 7.64. The van der Waals surface area contributed by atoms with E-state index in [2.05, 4.69) is 47.5 Å². The summed E-state index contributed by atoms with van der Waals surface area (Å²) in [7, 11) is 4.31. The minimum Gasteiger partial charge on any atom is -0.394 e. The number of aromatic nitrogens is 2. The molecule has 0 spiro atoms. The van der Waals surface area contributed by atoms with Gasteiger partial charge in [-0.1, -0.05) is 0 Å². The molecule has 0 saturated carbocycles. The third-order valence-corrected chi connectivity index (χ3v) is 4.13. The Balaban J connectivity index is 2.10. The van der Waals surface area contributed by atoms with Crippen LogP contribution in [-0.4, -0.2) is 48.4 Å². The third-order valence-electron chi connectivity index (χ3n) is 4.13. The number of piperidine rings is 1. The Hall–Kier alpha value is -1.23. The molecule has 1 aliphatic rings. The molecule has 0 aromatic carbocycles. The van der Waals surface area contributed by atoms with Gasteiger partial charge in [-0.15, -0.1) is 0 Å². The van der Waals surface area contributed by atoms with Gasteiger partial charge in [0.1, 0.15) is 0 Å². The molecule has 0 bridgehead atoms. The van der Waals surface area contributed by atoms with Gasteiger partial charge < -0.3 is 15.5 Å². The predicted octanol–water partition coefficient (Wildman–Crippen LogP) is 2.13. The molecular weight excluding hydrogens is 250 g/mol. The van der Waals surface area contributed by atoms with Crippen LogP contribution in [0.5, 0.6) is 0 Å². The number of nitrogens with zero attached hydrogens (tertiary/aromatic N) is 4. The summed E-state index contributed by atoms with van der Waals surface area (Å²) in [5.74, 6) is 1.93. The molecule has 1 aromatic heterocycles. The molecule has 0 radical (unpaired) electrons. The summed E-state index contributed by atoms with van der Waals surface area (Å²) in [6.45, 7) is 9.67. The van der Waals surface area contributed by atoms with Gasteiger partial charge in [0.25, 0.3) is 0 Å². The van der Waals surface area contributed by atoms with Crippen molar-refractivity contribution in [2.75, 3.05) is 44.4 Å². The largest absolute Gasteiger partial charge is 0.394 e. The molecule has 114 valence electrons. The van der Waals surface area contributed by atoms with Crippen LogP contribution >= 0.6 is 0 Å². The number of hydrogen-bond acceptors (Lipinski definition) is 4. The summed E-state index contributed by atoms with van der Waals surface area (Å²) in [5, 5.41) is 4.59. The van der Waals surface area contributed by atoms with E-state index in [1.807, 2.05) is 6.92 Å². The first-order chi connectivity index (χ1) is 9.40. The van der Waals surface area contributed by atoms with Crippen LogP contribution in [0.3, 0.4) is 0 Å². The highest BCUT2D eigenvalue weighted by atomic mass is 15.4. The van der Waals surface area contributed by atoms with Gasteiger partial charge in [0.05, 0.1) is 11.4 Å². The van der Waals surface area contributed by atoms with Crippen molar-refractivity contribution < 1.29 is 0 Å². The molecule has 1 aromatic rings. The highest BCUT2D eigenvalue weighted by Gasteiger charge is 2.25. The van der Waals surface area contributed by atoms with Crippen LogP contribution < -0.4 is 10.6 Å².